The number of amides is 3. The summed E-state index contributed by atoms with van der Waals surface area (Å²) in [5.74, 6) is -0.344. The molecule has 0 bridgehead atoms. The highest BCUT2D eigenvalue weighted by Crippen LogP contribution is 2.28. The van der Waals surface area contributed by atoms with Crippen molar-refractivity contribution in [2.24, 2.45) is 0 Å². The molecule has 9 heteroatoms. The van der Waals surface area contributed by atoms with Crippen LogP contribution in [0.1, 0.15) is 34.9 Å². The van der Waals surface area contributed by atoms with E-state index in [-0.39, 0.29) is 23.7 Å². The van der Waals surface area contributed by atoms with Crippen molar-refractivity contribution in [2.75, 3.05) is 11.9 Å². The van der Waals surface area contributed by atoms with Gasteiger partial charge in [0.1, 0.15) is 5.69 Å². The van der Waals surface area contributed by atoms with E-state index in [1.165, 1.54) is 29.9 Å². The number of thiazole rings is 1. The number of carbonyl (C=O) groups excluding carboxylic acids is 2. The Balaban J connectivity index is 1.67. The maximum absolute atomic E-state index is 12.1. The summed E-state index contributed by atoms with van der Waals surface area (Å²) in [6.07, 6.45) is 5.06. The van der Waals surface area contributed by atoms with E-state index in [4.69, 9.17) is 0 Å². The third-order valence-corrected chi connectivity index (χ3v) is 4.44. The number of nitrogens with one attached hydrogen (secondary N) is 2. The smallest absolute Gasteiger partial charge is 0.317 e. The predicted molar refractivity (Wildman–Crippen MR) is 89.9 cm³/mol. The van der Waals surface area contributed by atoms with E-state index in [1.807, 2.05) is 13.8 Å². The summed E-state index contributed by atoms with van der Waals surface area (Å²) in [5, 5.41) is 6.14. The molecular formula is C15H18N6O2S. The number of carbonyl (C=O) groups is 2. The van der Waals surface area contributed by atoms with Gasteiger partial charge in [-0.25, -0.2) is 14.8 Å². The van der Waals surface area contributed by atoms with E-state index in [2.05, 4.69) is 25.6 Å². The molecule has 2 aromatic heterocycles. The largest absolute Gasteiger partial charge is 0.336 e. The van der Waals surface area contributed by atoms with Crippen LogP contribution in [0.3, 0.4) is 0 Å². The Morgan fingerprint density at radius 3 is 2.88 bits per heavy atom. The number of aromatic nitrogens is 3. The number of hydrogen-bond acceptors (Lipinski definition) is 6. The predicted octanol–water partition coefficient (Wildman–Crippen LogP) is 1.66. The number of hydrogen-bond donors (Lipinski definition) is 2. The fourth-order valence-corrected chi connectivity index (χ4v) is 3.36. The minimum absolute atomic E-state index is 0.0748. The molecule has 0 atom stereocenters. The average Bonchev–Trinajstić information content (AvgIpc) is 2.96. The molecule has 0 saturated heterocycles. The Hall–Kier alpha value is -2.55. The van der Waals surface area contributed by atoms with Crippen LogP contribution >= 0.6 is 11.3 Å². The summed E-state index contributed by atoms with van der Waals surface area (Å²) >= 11 is 1.39. The van der Waals surface area contributed by atoms with Crippen molar-refractivity contribution in [2.45, 2.75) is 32.9 Å². The summed E-state index contributed by atoms with van der Waals surface area (Å²) in [6, 6.07) is 0.0244. The molecule has 0 fully saturated rings. The van der Waals surface area contributed by atoms with E-state index >= 15 is 0 Å². The monoisotopic (exact) mass is 346 g/mol. The summed E-state index contributed by atoms with van der Waals surface area (Å²) < 4.78 is 0. The lowest BCUT2D eigenvalue weighted by molar-refractivity contribution is 0.102. The quantitative estimate of drug-likeness (QED) is 0.880. The molecule has 0 unspecified atom stereocenters. The fourth-order valence-electron chi connectivity index (χ4n) is 2.34. The van der Waals surface area contributed by atoms with Crippen molar-refractivity contribution >= 4 is 28.4 Å². The zero-order valence-corrected chi connectivity index (χ0v) is 14.3. The third kappa shape index (κ3) is 3.67. The summed E-state index contributed by atoms with van der Waals surface area (Å²) in [7, 11) is 0. The molecule has 8 nitrogen and oxygen atoms in total. The lowest BCUT2D eigenvalue weighted by atomic mass is 10.2. The van der Waals surface area contributed by atoms with Gasteiger partial charge in [-0.1, -0.05) is 11.3 Å². The second kappa shape index (κ2) is 6.91. The molecule has 0 spiro atoms. The van der Waals surface area contributed by atoms with Crippen LogP contribution in [-0.2, 0) is 13.0 Å². The second-order valence-corrected chi connectivity index (χ2v) is 6.79. The van der Waals surface area contributed by atoms with Crippen LogP contribution in [0.4, 0.5) is 9.93 Å². The summed E-state index contributed by atoms with van der Waals surface area (Å²) in [6.45, 7) is 4.99. The van der Waals surface area contributed by atoms with Gasteiger partial charge in [0.2, 0.25) is 0 Å². The number of anilines is 1. The van der Waals surface area contributed by atoms with Crippen LogP contribution in [-0.4, -0.2) is 44.4 Å². The molecule has 2 aromatic rings. The highest BCUT2D eigenvalue weighted by molar-refractivity contribution is 7.15. The Labute approximate surface area is 143 Å². The second-order valence-electron chi connectivity index (χ2n) is 5.71. The Bertz CT molecular complexity index is 746. The van der Waals surface area contributed by atoms with E-state index in [0.717, 1.165) is 10.6 Å². The number of fused-ring (bicyclic) bond motifs is 1. The summed E-state index contributed by atoms with van der Waals surface area (Å²) in [5.41, 5.74) is 1.17. The first kappa shape index (κ1) is 16.3. The summed E-state index contributed by atoms with van der Waals surface area (Å²) in [4.78, 5) is 39.2. The van der Waals surface area contributed by atoms with E-state index in [1.54, 1.807) is 4.90 Å². The number of rotatable bonds is 3. The molecular weight excluding hydrogens is 328 g/mol. The lowest BCUT2D eigenvalue weighted by Gasteiger charge is -2.27. The first-order chi connectivity index (χ1) is 11.5. The first-order valence-electron chi connectivity index (χ1n) is 7.64. The molecule has 3 rings (SSSR count). The number of nitrogens with zero attached hydrogens (tertiary/aromatic N) is 4. The zero-order valence-electron chi connectivity index (χ0n) is 13.4. The molecule has 0 radical (unpaired) electrons. The SMILES string of the molecule is CC(C)NC(=O)N1CCc2nc(NC(=O)c3cnccn3)sc2C1. The van der Waals surface area contributed by atoms with Crippen LogP contribution in [0.2, 0.25) is 0 Å². The molecule has 3 amide bonds. The highest BCUT2D eigenvalue weighted by Gasteiger charge is 2.25. The number of urea groups is 1. The van der Waals surface area contributed by atoms with Gasteiger partial charge in [-0.2, -0.15) is 0 Å². The van der Waals surface area contributed by atoms with Gasteiger partial charge in [0.15, 0.2) is 5.13 Å². The van der Waals surface area contributed by atoms with Crippen molar-refractivity contribution in [3.05, 3.63) is 34.9 Å². The van der Waals surface area contributed by atoms with Gasteiger partial charge in [-0.05, 0) is 13.8 Å². The van der Waals surface area contributed by atoms with Gasteiger partial charge in [0.25, 0.3) is 5.91 Å². The maximum atomic E-state index is 12.1. The molecule has 0 aromatic carbocycles. The van der Waals surface area contributed by atoms with E-state index < -0.39 is 0 Å². The zero-order chi connectivity index (χ0) is 17.1. The highest BCUT2D eigenvalue weighted by atomic mass is 32.1. The van der Waals surface area contributed by atoms with Crippen LogP contribution in [0, 0.1) is 0 Å². The molecule has 1 aliphatic rings. The lowest BCUT2D eigenvalue weighted by Crippen LogP contribution is -2.44. The van der Waals surface area contributed by atoms with Crippen molar-refractivity contribution in [3.63, 3.8) is 0 Å². The van der Waals surface area contributed by atoms with Gasteiger partial charge in [0.05, 0.1) is 18.4 Å². The average molecular weight is 346 g/mol. The van der Waals surface area contributed by atoms with Gasteiger partial charge in [0, 0.05) is 36.3 Å². The fraction of sp³-hybridized carbons (Fsp3) is 0.400. The van der Waals surface area contributed by atoms with Gasteiger partial charge < -0.3 is 10.2 Å². The van der Waals surface area contributed by atoms with Crippen LogP contribution in [0.15, 0.2) is 18.6 Å². The van der Waals surface area contributed by atoms with E-state index in [0.29, 0.717) is 24.6 Å². The molecule has 3 heterocycles. The van der Waals surface area contributed by atoms with Crippen molar-refractivity contribution in [3.8, 4) is 0 Å². The van der Waals surface area contributed by atoms with Crippen LogP contribution in [0.25, 0.3) is 0 Å². The molecule has 24 heavy (non-hydrogen) atoms. The van der Waals surface area contributed by atoms with Gasteiger partial charge >= 0.3 is 6.03 Å². The standard InChI is InChI=1S/C15H18N6O2S/c1-9(2)18-15(23)21-6-3-10-12(8-21)24-14(19-10)20-13(22)11-7-16-4-5-17-11/h4-5,7,9H,3,6,8H2,1-2H3,(H,18,23)(H,19,20,22). The molecule has 0 aliphatic carbocycles. The Morgan fingerprint density at radius 1 is 1.33 bits per heavy atom. The molecule has 1 aliphatic heterocycles. The minimum Gasteiger partial charge on any atom is -0.336 e. The molecule has 0 saturated carbocycles. The van der Waals surface area contributed by atoms with E-state index in [9.17, 15) is 9.59 Å². The van der Waals surface area contributed by atoms with Crippen LogP contribution in [0.5, 0.6) is 0 Å². The van der Waals surface area contributed by atoms with Crippen LogP contribution < -0.4 is 10.6 Å². The van der Waals surface area contributed by atoms with Crippen molar-refractivity contribution in [1.82, 2.24) is 25.2 Å². The van der Waals surface area contributed by atoms with Gasteiger partial charge in [-0.15, -0.1) is 0 Å². The maximum Gasteiger partial charge on any atom is 0.317 e. The Kier molecular flexibility index (Phi) is 4.70. The van der Waals surface area contributed by atoms with Crippen molar-refractivity contribution < 1.29 is 9.59 Å². The molecule has 126 valence electrons. The first-order valence-corrected chi connectivity index (χ1v) is 8.46. The van der Waals surface area contributed by atoms with Gasteiger partial charge in [-0.3, -0.25) is 15.1 Å². The molecule has 2 N–H and O–H groups in total. The minimum atomic E-state index is -0.344. The topological polar surface area (TPSA) is 100 Å². The van der Waals surface area contributed by atoms with Crippen molar-refractivity contribution in [1.29, 1.82) is 0 Å². The normalized spacial score (nSPS) is 13.5. The third-order valence-electron chi connectivity index (χ3n) is 3.45. The Morgan fingerprint density at radius 2 is 2.17 bits per heavy atom.